The van der Waals surface area contributed by atoms with Crippen molar-refractivity contribution in [1.82, 2.24) is 5.32 Å². The van der Waals surface area contributed by atoms with E-state index in [1.807, 2.05) is 6.92 Å². The second-order valence-corrected chi connectivity index (χ2v) is 4.49. The third-order valence-corrected chi connectivity index (χ3v) is 2.18. The molecule has 1 aromatic rings. The molecule has 0 spiro atoms. The van der Waals surface area contributed by atoms with E-state index in [4.69, 9.17) is 0 Å². The van der Waals surface area contributed by atoms with Crippen LogP contribution in [0.3, 0.4) is 0 Å². The predicted octanol–water partition coefficient (Wildman–Crippen LogP) is 1.99. The summed E-state index contributed by atoms with van der Waals surface area (Å²) in [5.74, 6) is -0.222. The van der Waals surface area contributed by atoms with Gasteiger partial charge in [0.05, 0.1) is 5.60 Å². The Morgan fingerprint density at radius 2 is 2.07 bits per heavy atom. The first-order chi connectivity index (χ1) is 6.88. The second kappa shape index (κ2) is 4.73. The van der Waals surface area contributed by atoms with Gasteiger partial charge < -0.3 is 10.4 Å². The van der Waals surface area contributed by atoms with E-state index in [0.717, 1.165) is 11.1 Å². The van der Waals surface area contributed by atoms with Gasteiger partial charge in [0.15, 0.2) is 0 Å². The predicted molar refractivity (Wildman–Crippen MR) is 59.1 cm³/mol. The molecule has 0 aliphatic heterocycles. The fraction of sp³-hybridized carbons (Fsp3) is 0.500. The van der Waals surface area contributed by atoms with Crippen molar-refractivity contribution in [2.45, 2.75) is 32.9 Å². The van der Waals surface area contributed by atoms with E-state index < -0.39 is 5.60 Å². The van der Waals surface area contributed by atoms with E-state index in [-0.39, 0.29) is 5.82 Å². The minimum Gasteiger partial charge on any atom is -0.389 e. The number of hydrogen-bond acceptors (Lipinski definition) is 2. The van der Waals surface area contributed by atoms with Crippen LogP contribution >= 0.6 is 0 Å². The average Bonchev–Trinajstić information content (AvgIpc) is 2.09. The van der Waals surface area contributed by atoms with Gasteiger partial charge in [0.2, 0.25) is 0 Å². The Hall–Kier alpha value is -0.930. The maximum absolute atomic E-state index is 12.9. The molecule has 0 aromatic heterocycles. The number of aliphatic hydroxyl groups is 1. The van der Waals surface area contributed by atoms with Gasteiger partial charge in [-0.1, -0.05) is 6.07 Å². The highest BCUT2D eigenvalue weighted by molar-refractivity contribution is 5.26. The van der Waals surface area contributed by atoms with Gasteiger partial charge in [-0.25, -0.2) is 4.39 Å². The van der Waals surface area contributed by atoms with Crippen LogP contribution in [0.25, 0.3) is 0 Å². The van der Waals surface area contributed by atoms with Crippen molar-refractivity contribution in [3.63, 3.8) is 0 Å². The van der Waals surface area contributed by atoms with Gasteiger partial charge in [-0.05, 0) is 44.0 Å². The molecule has 0 atom stereocenters. The maximum atomic E-state index is 12.9. The largest absolute Gasteiger partial charge is 0.389 e. The number of hydrogen-bond donors (Lipinski definition) is 2. The zero-order valence-corrected chi connectivity index (χ0v) is 9.47. The fourth-order valence-electron chi connectivity index (χ4n) is 1.33. The van der Waals surface area contributed by atoms with Crippen LogP contribution in [0.2, 0.25) is 0 Å². The molecule has 0 amide bonds. The Labute approximate surface area is 90.1 Å². The number of rotatable bonds is 4. The standard InChI is InChI=1S/C12H18FNO/c1-9-4-5-11(13)6-10(9)7-14-8-12(2,3)15/h4-6,14-15H,7-8H2,1-3H3. The summed E-state index contributed by atoms with van der Waals surface area (Å²) >= 11 is 0. The SMILES string of the molecule is Cc1ccc(F)cc1CNCC(C)(C)O. The summed E-state index contributed by atoms with van der Waals surface area (Å²) in [6, 6.07) is 4.73. The molecule has 0 saturated carbocycles. The van der Waals surface area contributed by atoms with Gasteiger partial charge in [-0.3, -0.25) is 0 Å². The van der Waals surface area contributed by atoms with Crippen LogP contribution in [0, 0.1) is 12.7 Å². The first-order valence-corrected chi connectivity index (χ1v) is 5.06. The zero-order chi connectivity index (χ0) is 11.5. The molecule has 0 fully saturated rings. The van der Waals surface area contributed by atoms with Crippen LogP contribution in [-0.2, 0) is 6.54 Å². The fourth-order valence-corrected chi connectivity index (χ4v) is 1.33. The third kappa shape index (κ3) is 4.40. The highest BCUT2D eigenvalue weighted by Crippen LogP contribution is 2.10. The highest BCUT2D eigenvalue weighted by Gasteiger charge is 2.11. The molecular formula is C12H18FNO. The quantitative estimate of drug-likeness (QED) is 0.798. The molecule has 0 aliphatic rings. The number of halogens is 1. The van der Waals surface area contributed by atoms with E-state index in [0.29, 0.717) is 13.1 Å². The van der Waals surface area contributed by atoms with Crippen LogP contribution in [0.15, 0.2) is 18.2 Å². The Morgan fingerprint density at radius 3 is 2.67 bits per heavy atom. The van der Waals surface area contributed by atoms with Gasteiger partial charge in [0.25, 0.3) is 0 Å². The lowest BCUT2D eigenvalue weighted by molar-refractivity contribution is 0.0795. The molecule has 84 valence electrons. The first kappa shape index (κ1) is 12.1. The molecule has 0 unspecified atom stereocenters. The van der Waals surface area contributed by atoms with Crippen molar-refractivity contribution < 1.29 is 9.50 Å². The molecule has 0 saturated heterocycles. The van der Waals surface area contributed by atoms with Crippen LogP contribution in [-0.4, -0.2) is 17.3 Å². The lowest BCUT2D eigenvalue weighted by atomic mass is 10.1. The Kier molecular flexibility index (Phi) is 3.83. The monoisotopic (exact) mass is 211 g/mol. The van der Waals surface area contributed by atoms with Gasteiger partial charge in [-0.2, -0.15) is 0 Å². The topological polar surface area (TPSA) is 32.3 Å². The van der Waals surface area contributed by atoms with Crippen LogP contribution < -0.4 is 5.32 Å². The molecular weight excluding hydrogens is 193 g/mol. The Morgan fingerprint density at radius 1 is 1.40 bits per heavy atom. The summed E-state index contributed by atoms with van der Waals surface area (Å²) in [5.41, 5.74) is 1.25. The van der Waals surface area contributed by atoms with Gasteiger partial charge >= 0.3 is 0 Å². The molecule has 0 radical (unpaired) electrons. The maximum Gasteiger partial charge on any atom is 0.123 e. The smallest absolute Gasteiger partial charge is 0.123 e. The molecule has 15 heavy (non-hydrogen) atoms. The normalized spacial score (nSPS) is 11.8. The highest BCUT2D eigenvalue weighted by atomic mass is 19.1. The van der Waals surface area contributed by atoms with Gasteiger partial charge in [0, 0.05) is 13.1 Å². The minimum absolute atomic E-state index is 0.222. The lowest BCUT2D eigenvalue weighted by Crippen LogP contribution is -2.34. The van der Waals surface area contributed by atoms with Crippen LogP contribution in [0.4, 0.5) is 4.39 Å². The van der Waals surface area contributed by atoms with Crippen molar-refractivity contribution in [2.24, 2.45) is 0 Å². The van der Waals surface area contributed by atoms with Crippen molar-refractivity contribution in [1.29, 1.82) is 0 Å². The number of nitrogens with one attached hydrogen (secondary N) is 1. The van der Waals surface area contributed by atoms with Crippen molar-refractivity contribution in [3.8, 4) is 0 Å². The summed E-state index contributed by atoms with van der Waals surface area (Å²) in [4.78, 5) is 0. The van der Waals surface area contributed by atoms with Crippen LogP contribution in [0.1, 0.15) is 25.0 Å². The summed E-state index contributed by atoms with van der Waals surface area (Å²) in [5, 5.41) is 12.6. The molecule has 1 aromatic carbocycles. The Balaban J connectivity index is 2.54. The average molecular weight is 211 g/mol. The second-order valence-electron chi connectivity index (χ2n) is 4.49. The molecule has 1 rings (SSSR count). The Bertz CT molecular complexity index is 331. The van der Waals surface area contributed by atoms with E-state index >= 15 is 0 Å². The summed E-state index contributed by atoms with van der Waals surface area (Å²) in [7, 11) is 0. The minimum atomic E-state index is -0.735. The lowest BCUT2D eigenvalue weighted by Gasteiger charge is -2.18. The summed E-state index contributed by atoms with van der Waals surface area (Å²) in [6.07, 6.45) is 0. The zero-order valence-electron chi connectivity index (χ0n) is 9.47. The number of benzene rings is 1. The molecule has 2 N–H and O–H groups in total. The van der Waals surface area contributed by atoms with Crippen molar-refractivity contribution in [3.05, 3.63) is 35.1 Å². The molecule has 3 heteroatoms. The van der Waals surface area contributed by atoms with Gasteiger partial charge in [-0.15, -0.1) is 0 Å². The molecule has 0 heterocycles. The van der Waals surface area contributed by atoms with E-state index in [1.54, 1.807) is 19.9 Å². The third-order valence-electron chi connectivity index (χ3n) is 2.18. The summed E-state index contributed by atoms with van der Waals surface area (Å²) < 4.78 is 12.9. The van der Waals surface area contributed by atoms with Crippen LogP contribution in [0.5, 0.6) is 0 Å². The molecule has 0 bridgehead atoms. The van der Waals surface area contributed by atoms with Crippen molar-refractivity contribution >= 4 is 0 Å². The van der Waals surface area contributed by atoms with E-state index in [2.05, 4.69) is 5.32 Å². The summed E-state index contributed by atoms with van der Waals surface area (Å²) in [6.45, 7) is 6.48. The molecule has 2 nitrogen and oxygen atoms in total. The van der Waals surface area contributed by atoms with Gasteiger partial charge in [0.1, 0.15) is 5.82 Å². The first-order valence-electron chi connectivity index (χ1n) is 5.06. The molecule has 0 aliphatic carbocycles. The van der Waals surface area contributed by atoms with E-state index in [9.17, 15) is 9.50 Å². The van der Waals surface area contributed by atoms with Crippen molar-refractivity contribution in [2.75, 3.05) is 6.54 Å². The van der Waals surface area contributed by atoms with E-state index in [1.165, 1.54) is 12.1 Å². The number of aryl methyl sites for hydroxylation is 1.